The first-order valence-corrected chi connectivity index (χ1v) is 10.1. The topological polar surface area (TPSA) is 35.5 Å². The molecule has 0 aromatic heterocycles. The second-order valence-electron chi connectivity index (χ2n) is 5.34. The normalized spacial score (nSPS) is 19.0. The first-order valence-electron chi connectivity index (χ1n) is 7.56. The van der Waals surface area contributed by atoms with Crippen molar-refractivity contribution in [1.29, 1.82) is 0 Å². The standard InChI is InChI=1S/C19H18O3Te/c20-19(22-16-7-3-1-4-8-16)12-17-11-15(13-21-17)14-23-18-9-5-2-6-10-18/h1-10,14,17H,11-13H2/b15-14+. The summed E-state index contributed by atoms with van der Waals surface area (Å²) < 4.78 is 14.8. The van der Waals surface area contributed by atoms with Crippen LogP contribution in [-0.4, -0.2) is 39.6 Å². The molecule has 23 heavy (non-hydrogen) atoms. The minimum absolute atomic E-state index is 0.0549. The molecule has 0 amide bonds. The molecule has 2 aromatic rings. The van der Waals surface area contributed by atoms with E-state index in [1.807, 2.05) is 24.3 Å². The molecule has 1 heterocycles. The molecule has 0 spiro atoms. The molecule has 1 fully saturated rings. The SMILES string of the molecule is O=C(CC1C/C(=C\[Te]c2ccccc2)CO1)Oc1ccccc1. The van der Waals surface area contributed by atoms with Crippen LogP contribution in [0.1, 0.15) is 12.8 Å². The van der Waals surface area contributed by atoms with Gasteiger partial charge in [-0.25, -0.2) is 0 Å². The first kappa shape index (κ1) is 16.3. The summed E-state index contributed by atoms with van der Waals surface area (Å²) in [5, 5.41) is 0. The summed E-state index contributed by atoms with van der Waals surface area (Å²) in [6.07, 6.45) is 1.08. The number of hydrogen-bond donors (Lipinski definition) is 0. The molecule has 1 atom stereocenters. The number of para-hydroxylation sites is 1. The third-order valence-electron chi connectivity index (χ3n) is 3.47. The van der Waals surface area contributed by atoms with Gasteiger partial charge in [-0.2, -0.15) is 0 Å². The predicted octanol–water partition coefficient (Wildman–Crippen LogP) is 2.68. The molecule has 2 aromatic carbocycles. The van der Waals surface area contributed by atoms with E-state index < -0.39 is 0 Å². The van der Waals surface area contributed by atoms with E-state index >= 15 is 0 Å². The van der Waals surface area contributed by atoms with Gasteiger partial charge in [0.2, 0.25) is 0 Å². The molecule has 0 aliphatic carbocycles. The Balaban J connectivity index is 1.47. The maximum absolute atomic E-state index is 11.9. The van der Waals surface area contributed by atoms with Crippen molar-refractivity contribution in [1.82, 2.24) is 0 Å². The van der Waals surface area contributed by atoms with Crippen LogP contribution in [0.2, 0.25) is 0 Å². The minimum atomic E-state index is -0.313. The summed E-state index contributed by atoms with van der Waals surface area (Å²) in [7, 11) is 0. The summed E-state index contributed by atoms with van der Waals surface area (Å²) in [5.41, 5.74) is 1.31. The molecule has 1 unspecified atom stereocenters. The van der Waals surface area contributed by atoms with Crippen LogP contribution < -0.4 is 8.35 Å². The van der Waals surface area contributed by atoms with Crippen molar-refractivity contribution in [3.05, 3.63) is 70.4 Å². The molecule has 3 rings (SSSR count). The van der Waals surface area contributed by atoms with E-state index in [1.165, 1.54) is 9.18 Å². The molecular formula is C19H18O3Te. The zero-order valence-electron chi connectivity index (χ0n) is 12.7. The van der Waals surface area contributed by atoms with E-state index in [0.717, 1.165) is 6.42 Å². The van der Waals surface area contributed by atoms with Crippen LogP contribution in [0.5, 0.6) is 5.75 Å². The van der Waals surface area contributed by atoms with E-state index in [2.05, 4.69) is 28.4 Å². The van der Waals surface area contributed by atoms with Gasteiger partial charge in [0.15, 0.2) is 0 Å². The number of hydrogen-bond acceptors (Lipinski definition) is 3. The van der Waals surface area contributed by atoms with Crippen LogP contribution in [-0.2, 0) is 9.53 Å². The van der Waals surface area contributed by atoms with Gasteiger partial charge in [-0.3, -0.25) is 0 Å². The molecule has 118 valence electrons. The average molecular weight is 422 g/mol. The van der Waals surface area contributed by atoms with Crippen molar-refractivity contribution in [2.45, 2.75) is 18.9 Å². The number of carbonyl (C=O) groups is 1. The summed E-state index contributed by atoms with van der Waals surface area (Å²) in [6.45, 7) is 0.640. The molecular weight excluding hydrogens is 404 g/mol. The Bertz CT molecular complexity index is 668. The quantitative estimate of drug-likeness (QED) is 0.423. The van der Waals surface area contributed by atoms with Gasteiger partial charge in [0.25, 0.3) is 0 Å². The monoisotopic (exact) mass is 424 g/mol. The van der Waals surface area contributed by atoms with Crippen LogP contribution >= 0.6 is 0 Å². The van der Waals surface area contributed by atoms with Gasteiger partial charge in [-0.15, -0.1) is 0 Å². The van der Waals surface area contributed by atoms with Gasteiger partial charge in [0, 0.05) is 0 Å². The van der Waals surface area contributed by atoms with E-state index in [9.17, 15) is 4.79 Å². The fraction of sp³-hybridized carbons (Fsp3) is 0.211. The van der Waals surface area contributed by atoms with E-state index in [4.69, 9.17) is 9.47 Å². The summed E-state index contributed by atoms with van der Waals surface area (Å²) >= 11 is -0.313. The molecule has 4 heteroatoms. The Morgan fingerprint density at radius 3 is 2.57 bits per heavy atom. The summed E-state index contributed by atoms with van der Waals surface area (Å²) in [5.74, 6) is 0.351. The molecule has 1 aliphatic heterocycles. The Hall–Kier alpha value is -1.60. The number of rotatable bonds is 5. The van der Waals surface area contributed by atoms with E-state index in [0.29, 0.717) is 18.8 Å². The van der Waals surface area contributed by atoms with Crippen molar-refractivity contribution >= 4 is 30.5 Å². The number of esters is 1. The Labute approximate surface area is 146 Å². The van der Waals surface area contributed by atoms with Gasteiger partial charge in [0.1, 0.15) is 0 Å². The van der Waals surface area contributed by atoms with Gasteiger partial charge < -0.3 is 0 Å². The third-order valence-corrected chi connectivity index (χ3v) is 6.31. The zero-order chi connectivity index (χ0) is 15.9. The predicted molar refractivity (Wildman–Crippen MR) is 91.0 cm³/mol. The van der Waals surface area contributed by atoms with Crippen LogP contribution in [0.3, 0.4) is 0 Å². The zero-order valence-corrected chi connectivity index (χ0v) is 15.0. The van der Waals surface area contributed by atoms with Crippen LogP contribution in [0, 0.1) is 0 Å². The Kier molecular flexibility index (Phi) is 5.87. The number of ether oxygens (including phenoxy) is 2. The van der Waals surface area contributed by atoms with Gasteiger partial charge in [0.05, 0.1) is 0 Å². The summed E-state index contributed by atoms with van der Waals surface area (Å²) in [6, 6.07) is 19.7. The van der Waals surface area contributed by atoms with Crippen LogP contribution in [0.15, 0.2) is 70.4 Å². The van der Waals surface area contributed by atoms with Gasteiger partial charge in [-0.1, -0.05) is 0 Å². The summed E-state index contributed by atoms with van der Waals surface area (Å²) in [4.78, 5) is 11.9. The second-order valence-corrected chi connectivity index (χ2v) is 8.03. The van der Waals surface area contributed by atoms with E-state index in [1.54, 1.807) is 12.1 Å². The Morgan fingerprint density at radius 2 is 1.83 bits per heavy atom. The second kappa shape index (κ2) is 8.31. The third kappa shape index (κ3) is 5.21. The van der Waals surface area contributed by atoms with Crippen molar-refractivity contribution in [3.63, 3.8) is 0 Å². The number of carbonyl (C=O) groups excluding carboxylic acids is 1. The average Bonchev–Trinajstić information content (AvgIpc) is 3.02. The first-order chi connectivity index (χ1) is 11.3. The Morgan fingerprint density at radius 1 is 1.13 bits per heavy atom. The van der Waals surface area contributed by atoms with Crippen molar-refractivity contribution in [2.75, 3.05) is 6.61 Å². The molecule has 0 bridgehead atoms. The molecule has 3 nitrogen and oxygen atoms in total. The van der Waals surface area contributed by atoms with Crippen LogP contribution in [0.4, 0.5) is 0 Å². The molecule has 0 N–H and O–H groups in total. The fourth-order valence-electron chi connectivity index (χ4n) is 2.35. The van der Waals surface area contributed by atoms with Crippen molar-refractivity contribution in [2.24, 2.45) is 0 Å². The van der Waals surface area contributed by atoms with E-state index in [-0.39, 0.29) is 33.0 Å². The molecule has 1 saturated heterocycles. The van der Waals surface area contributed by atoms with Crippen LogP contribution in [0.25, 0.3) is 0 Å². The van der Waals surface area contributed by atoms with Gasteiger partial charge >= 0.3 is 146 Å². The molecule has 0 radical (unpaired) electrons. The maximum atomic E-state index is 11.9. The molecule has 0 saturated carbocycles. The van der Waals surface area contributed by atoms with Gasteiger partial charge in [-0.05, 0) is 0 Å². The molecule has 1 aliphatic rings. The van der Waals surface area contributed by atoms with Crippen molar-refractivity contribution < 1.29 is 14.3 Å². The fourth-order valence-corrected chi connectivity index (χ4v) is 4.58. The van der Waals surface area contributed by atoms with Crippen molar-refractivity contribution in [3.8, 4) is 5.75 Å². The number of benzene rings is 2.